The van der Waals surface area contributed by atoms with Crippen LogP contribution in [-0.2, 0) is 4.79 Å². The minimum Gasteiger partial charge on any atom is -0.484 e. The smallest absolute Gasteiger partial charge is 0.345 e. The van der Waals surface area contributed by atoms with E-state index in [4.69, 9.17) is 21.1 Å². The third-order valence-electron chi connectivity index (χ3n) is 4.79. The highest BCUT2D eigenvalue weighted by Crippen LogP contribution is 2.28. The molecule has 0 saturated heterocycles. The van der Waals surface area contributed by atoms with Gasteiger partial charge in [0.05, 0.1) is 16.8 Å². The summed E-state index contributed by atoms with van der Waals surface area (Å²) in [7, 11) is 0. The predicted octanol–water partition coefficient (Wildman–Crippen LogP) is 6.00. The lowest BCUT2D eigenvalue weighted by atomic mass is 10.0. The van der Waals surface area contributed by atoms with Gasteiger partial charge in [-0.25, -0.2) is 10.2 Å². The van der Waals surface area contributed by atoms with Crippen molar-refractivity contribution in [3.8, 4) is 11.5 Å². The molecule has 0 spiro atoms. The molecule has 8 heteroatoms. The molecule has 0 atom stereocenters. The molecule has 0 aliphatic carbocycles. The topological polar surface area (TPSA) is 77.0 Å². The summed E-state index contributed by atoms with van der Waals surface area (Å²) in [6.07, 6.45) is 1.44. The molecule has 34 heavy (non-hydrogen) atoms. The number of carbonyl (C=O) groups excluding carboxylic acids is 2. The summed E-state index contributed by atoms with van der Waals surface area (Å²) in [5.41, 5.74) is 3.22. The highest BCUT2D eigenvalue weighted by atomic mass is 79.9. The molecule has 1 N–H and O–H groups in total. The van der Waals surface area contributed by atoms with Gasteiger partial charge in [0.2, 0.25) is 0 Å². The van der Waals surface area contributed by atoms with Crippen LogP contribution in [0.4, 0.5) is 0 Å². The number of esters is 1. The van der Waals surface area contributed by atoms with Crippen molar-refractivity contribution in [2.45, 2.75) is 0 Å². The van der Waals surface area contributed by atoms with Crippen LogP contribution in [0.3, 0.4) is 0 Å². The summed E-state index contributed by atoms with van der Waals surface area (Å²) in [4.78, 5) is 24.9. The number of amides is 1. The predicted molar refractivity (Wildman–Crippen MR) is 136 cm³/mol. The van der Waals surface area contributed by atoms with Gasteiger partial charge in [0, 0.05) is 10.0 Å². The second kappa shape index (κ2) is 11.0. The third kappa shape index (κ3) is 5.81. The normalized spacial score (nSPS) is 10.9. The molecule has 4 aromatic carbocycles. The molecule has 0 heterocycles. The molecule has 0 unspecified atom stereocenters. The number of rotatable bonds is 7. The molecule has 0 aromatic heterocycles. The summed E-state index contributed by atoms with van der Waals surface area (Å²) in [5.74, 6) is -0.186. The van der Waals surface area contributed by atoms with E-state index in [0.717, 1.165) is 15.2 Å². The Kier molecular flexibility index (Phi) is 7.57. The lowest BCUT2D eigenvalue weighted by Crippen LogP contribution is -2.24. The number of halogens is 2. The van der Waals surface area contributed by atoms with Crippen molar-refractivity contribution in [2.75, 3.05) is 6.61 Å². The van der Waals surface area contributed by atoms with Gasteiger partial charge in [-0.1, -0.05) is 70.0 Å². The first-order valence-corrected chi connectivity index (χ1v) is 11.4. The van der Waals surface area contributed by atoms with E-state index in [9.17, 15) is 9.59 Å². The molecule has 0 aliphatic heterocycles. The number of carbonyl (C=O) groups is 2. The minimum atomic E-state index is -0.595. The maximum Gasteiger partial charge on any atom is 0.345 e. The van der Waals surface area contributed by atoms with E-state index >= 15 is 0 Å². The molecule has 0 fully saturated rings. The Hall–Kier alpha value is -3.68. The van der Waals surface area contributed by atoms with Crippen LogP contribution in [0.5, 0.6) is 11.5 Å². The average Bonchev–Trinajstić information content (AvgIpc) is 2.85. The molecule has 4 aromatic rings. The van der Waals surface area contributed by atoms with Gasteiger partial charge in [-0.3, -0.25) is 4.79 Å². The molecule has 6 nitrogen and oxygen atoms in total. The largest absolute Gasteiger partial charge is 0.484 e. The van der Waals surface area contributed by atoms with Gasteiger partial charge >= 0.3 is 5.97 Å². The minimum absolute atomic E-state index is 0.205. The summed E-state index contributed by atoms with van der Waals surface area (Å²) >= 11 is 9.48. The highest BCUT2D eigenvalue weighted by molar-refractivity contribution is 9.10. The number of hydrazone groups is 1. The third-order valence-corrected chi connectivity index (χ3v) is 5.65. The number of ether oxygens (including phenoxy) is 2. The van der Waals surface area contributed by atoms with E-state index in [2.05, 4.69) is 26.5 Å². The molecule has 0 aliphatic rings. The monoisotopic (exact) mass is 536 g/mol. The van der Waals surface area contributed by atoms with Crippen molar-refractivity contribution in [1.29, 1.82) is 0 Å². The molecule has 0 radical (unpaired) electrons. The fourth-order valence-electron chi connectivity index (χ4n) is 3.16. The number of nitrogens with zero attached hydrogens (tertiary/aromatic N) is 1. The van der Waals surface area contributed by atoms with Crippen LogP contribution < -0.4 is 14.9 Å². The van der Waals surface area contributed by atoms with Crippen LogP contribution in [0.25, 0.3) is 10.8 Å². The van der Waals surface area contributed by atoms with E-state index in [1.807, 2.05) is 42.5 Å². The molecule has 0 bridgehead atoms. The molecular weight excluding hydrogens is 520 g/mol. The van der Waals surface area contributed by atoms with E-state index < -0.39 is 11.9 Å². The highest BCUT2D eigenvalue weighted by Gasteiger charge is 2.15. The Balaban J connectivity index is 1.51. The van der Waals surface area contributed by atoms with Crippen LogP contribution >= 0.6 is 27.5 Å². The first-order chi connectivity index (χ1) is 16.5. The Morgan fingerprint density at radius 3 is 2.47 bits per heavy atom. The summed E-state index contributed by atoms with van der Waals surface area (Å²) in [6, 6.07) is 24.9. The van der Waals surface area contributed by atoms with Crippen LogP contribution in [0.15, 0.2) is 94.5 Å². The quantitative estimate of drug-likeness (QED) is 0.136. The van der Waals surface area contributed by atoms with Crippen molar-refractivity contribution < 1.29 is 19.1 Å². The van der Waals surface area contributed by atoms with Crippen molar-refractivity contribution in [3.05, 3.63) is 106 Å². The zero-order valence-electron chi connectivity index (χ0n) is 17.7. The maximum atomic E-state index is 12.7. The van der Waals surface area contributed by atoms with Gasteiger partial charge in [0.15, 0.2) is 6.61 Å². The van der Waals surface area contributed by atoms with Crippen LogP contribution in [0, 0.1) is 0 Å². The molecule has 1 amide bonds. The zero-order chi connectivity index (χ0) is 23.9. The Morgan fingerprint density at radius 1 is 0.941 bits per heavy atom. The van der Waals surface area contributed by atoms with Gasteiger partial charge < -0.3 is 9.47 Å². The Labute approximate surface area is 209 Å². The Morgan fingerprint density at radius 2 is 1.68 bits per heavy atom. The summed E-state index contributed by atoms with van der Waals surface area (Å²) in [6.45, 7) is -0.205. The van der Waals surface area contributed by atoms with Gasteiger partial charge in [-0.2, -0.15) is 5.10 Å². The van der Waals surface area contributed by atoms with Crippen molar-refractivity contribution in [2.24, 2.45) is 5.10 Å². The first kappa shape index (κ1) is 23.5. The summed E-state index contributed by atoms with van der Waals surface area (Å²) in [5, 5.41) is 6.06. The van der Waals surface area contributed by atoms with E-state index in [-0.39, 0.29) is 17.9 Å². The first-order valence-electron chi connectivity index (χ1n) is 10.2. The van der Waals surface area contributed by atoms with Crippen LogP contribution in [0.1, 0.15) is 15.9 Å². The fourth-order valence-corrected chi connectivity index (χ4v) is 3.64. The molecule has 4 rings (SSSR count). The summed E-state index contributed by atoms with van der Waals surface area (Å²) < 4.78 is 12.0. The van der Waals surface area contributed by atoms with Gasteiger partial charge in [0.25, 0.3) is 5.91 Å². The number of nitrogens with one attached hydrogen (secondary N) is 1. The van der Waals surface area contributed by atoms with Crippen LogP contribution in [0.2, 0.25) is 5.02 Å². The second-order valence-electron chi connectivity index (χ2n) is 7.10. The second-order valence-corrected chi connectivity index (χ2v) is 8.43. The zero-order valence-corrected chi connectivity index (χ0v) is 20.0. The van der Waals surface area contributed by atoms with Gasteiger partial charge in [-0.15, -0.1) is 0 Å². The Bertz CT molecular complexity index is 1370. The number of hydrogen-bond donors (Lipinski definition) is 1. The van der Waals surface area contributed by atoms with Gasteiger partial charge in [-0.05, 0) is 53.2 Å². The van der Waals surface area contributed by atoms with E-state index in [1.54, 1.807) is 42.5 Å². The lowest BCUT2D eigenvalue weighted by Gasteiger charge is -2.11. The van der Waals surface area contributed by atoms with E-state index in [1.165, 1.54) is 6.21 Å². The molecule has 170 valence electrons. The number of hydrogen-bond acceptors (Lipinski definition) is 5. The van der Waals surface area contributed by atoms with Crippen molar-refractivity contribution >= 4 is 56.4 Å². The van der Waals surface area contributed by atoms with Crippen molar-refractivity contribution in [3.63, 3.8) is 0 Å². The lowest BCUT2D eigenvalue weighted by molar-refractivity contribution is -0.123. The van der Waals surface area contributed by atoms with Crippen LogP contribution in [-0.4, -0.2) is 24.7 Å². The number of fused-ring (bicyclic) bond motifs is 1. The fraction of sp³-hybridized carbons (Fsp3) is 0.0385. The SMILES string of the molecule is O=C(COc1ccc(Br)cc1)NN=Cc1c(OC(=O)c2ccccc2Cl)ccc2ccccc12. The van der Waals surface area contributed by atoms with Gasteiger partial charge in [0.1, 0.15) is 11.5 Å². The van der Waals surface area contributed by atoms with Crippen molar-refractivity contribution in [1.82, 2.24) is 5.43 Å². The number of benzene rings is 4. The maximum absolute atomic E-state index is 12.7. The van der Waals surface area contributed by atoms with E-state index in [0.29, 0.717) is 16.3 Å². The molecular formula is C26H18BrClN2O4. The standard InChI is InChI=1S/C26H18BrClN2O4/c27-18-10-12-19(13-11-18)33-16-25(31)30-29-15-22-20-6-2-1-5-17(20)9-14-24(22)34-26(32)21-7-3-4-8-23(21)28/h1-15H,16H2,(H,30,31). The average molecular weight is 538 g/mol. The molecule has 0 saturated carbocycles.